The second kappa shape index (κ2) is 7.79. The van der Waals surface area contributed by atoms with Crippen LogP contribution in [-0.4, -0.2) is 46.3 Å². The first kappa shape index (κ1) is 21.3. The van der Waals surface area contributed by atoms with Crippen molar-refractivity contribution < 1.29 is 22.7 Å². The van der Waals surface area contributed by atoms with Crippen molar-refractivity contribution in [2.75, 3.05) is 13.6 Å². The zero-order chi connectivity index (χ0) is 19.9. The molecule has 4 rings (SSSR count). The van der Waals surface area contributed by atoms with E-state index in [9.17, 15) is 18.0 Å². The highest BCUT2D eigenvalue weighted by Crippen LogP contribution is 2.38. The quantitative estimate of drug-likeness (QED) is 0.810. The zero-order valence-corrected chi connectivity index (χ0v) is 16.4. The van der Waals surface area contributed by atoms with Gasteiger partial charge in [0.2, 0.25) is 5.91 Å². The number of alkyl halides is 3. The molecule has 156 valence electrons. The number of likely N-dealkylation sites (tertiary alicyclic amines) is 1. The predicted octanol–water partition coefficient (Wildman–Crippen LogP) is 3.49. The number of hydrogen-bond acceptors (Lipinski definition) is 5. The van der Waals surface area contributed by atoms with Gasteiger partial charge in [0.1, 0.15) is 17.1 Å². The Labute approximate surface area is 171 Å². The molecule has 2 atom stereocenters. The van der Waals surface area contributed by atoms with Gasteiger partial charge in [-0.3, -0.25) is 10.1 Å². The molecule has 2 fully saturated rings. The van der Waals surface area contributed by atoms with Gasteiger partial charge in [-0.25, -0.2) is 9.97 Å². The lowest BCUT2D eigenvalue weighted by Gasteiger charge is -2.23. The van der Waals surface area contributed by atoms with Crippen LogP contribution < -0.4 is 10.1 Å². The van der Waals surface area contributed by atoms with Crippen molar-refractivity contribution in [2.45, 2.75) is 37.2 Å². The lowest BCUT2D eigenvalue weighted by Crippen LogP contribution is -2.47. The first-order chi connectivity index (χ1) is 13.3. The van der Waals surface area contributed by atoms with E-state index >= 15 is 0 Å². The van der Waals surface area contributed by atoms with Crippen molar-refractivity contribution in [1.82, 2.24) is 20.2 Å². The molecule has 0 unspecified atom stereocenters. The molecule has 29 heavy (non-hydrogen) atoms. The minimum Gasteiger partial charge on any atom is -0.406 e. The lowest BCUT2D eigenvalue weighted by atomic mass is 9.96. The molecule has 2 aliphatic heterocycles. The number of benzene rings is 1. The van der Waals surface area contributed by atoms with Crippen LogP contribution >= 0.6 is 12.4 Å². The molecule has 2 aromatic rings. The summed E-state index contributed by atoms with van der Waals surface area (Å²) in [6.45, 7) is 0.714. The number of carbonyl (C=O) groups is 1. The monoisotopic (exact) mass is 428 g/mol. The fourth-order valence-corrected chi connectivity index (χ4v) is 3.92. The average molecular weight is 429 g/mol. The summed E-state index contributed by atoms with van der Waals surface area (Å²) < 4.78 is 41.4. The summed E-state index contributed by atoms with van der Waals surface area (Å²) in [6.07, 6.45) is -0.998. The van der Waals surface area contributed by atoms with Crippen molar-refractivity contribution in [3.05, 3.63) is 42.4 Å². The smallest absolute Gasteiger partial charge is 0.406 e. The Morgan fingerprint density at radius 1 is 1.28 bits per heavy atom. The number of aromatic nitrogens is 2. The Morgan fingerprint density at radius 2 is 2.07 bits per heavy atom. The maximum absolute atomic E-state index is 12.5. The lowest BCUT2D eigenvalue weighted by molar-refractivity contribution is -0.274. The third-order valence-corrected chi connectivity index (χ3v) is 5.29. The fraction of sp³-hybridized carbons (Fsp3) is 0.421. The van der Waals surface area contributed by atoms with Gasteiger partial charge in [0, 0.05) is 25.4 Å². The molecule has 0 bridgehead atoms. The molecular formula is C19H20ClF3N4O2. The fourth-order valence-electron chi connectivity index (χ4n) is 3.92. The highest BCUT2D eigenvalue weighted by atomic mass is 35.5. The van der Waals surface area contributed by atoms with Crippen LogP contribution in [0.25, 0.3) is 11.3 Å². The number of likely N-dealkylation sites (N-methyl/N-ethyl adjacent to an activating group) is 1. The second-order valence-corrected chi connectivity index (χ2v) is 7.17. The van der Waals surface area contributed by atoms with E-state index in [1.54, 1.807) is 30.3 Å². The summed E-state index contributed by atoms with van der Waals surface area (Å²) in [5.41, 5.74) is 0.434. The Hall–Kier alpha value is -2.39. The van der Waals surface area contributed by atoms with E-state index in [0.717, 1.165) is 12.8 Å². The van der Waals surface area contributed by atoms with E-state index in [1.165, 1.54) is 18.2 Å². The van der Waals surface area contributed by atoms with Crippen LogP contribution in [0.4, 0.5) is 13.2 Å². The van der Waals surface area contributed by atoms with E-state index in [0.29, 0.717) is 30.0 Å². The van der Waals surface area contributed by atoms with Crippen molar-refractivity contribution in [1.29, 1.82) is 0 Å². The van der Waals surface area contributed by atoms with Gasteiger partial charge < -0.3 is 9.64 Å². The number of ether oxygens (including phenoxy) is 1. The van der Waals surface area contributed by atoms with Gasteiger partial charge in [-0.2, -0.15) is 0 Å². The topological polar surface area (TPSA) is 67.3 Å². The van der Waals surface area contributed by atoms with Gasteiger partial charge in [-0.15, -0.1) is 25.6 Å². The number of amides is 1. The summed E-state index contributed by atoms with van der Waals surface area (Å²) in [6, 6.07) is 7.13. The van der Waals surface area contributed by atoms with Gasteiger partial charge >= 0.3 is 6.36 Å². The van der Waals surface area contributed by atoms with Crippen LogP contribution in [-0.2, 0) is 4.79 Å². The summed E-state index contributed by atoms with van der Waals surface area (Å²) >= 11 is 0. The number of halogens is 4. The van der Waals surface area contributed by atoms with Gasteiger partial charge in [0.15, 0.2) is 0 Å². The highest BCUT2D eigenvalue weighted by molar-refractivity contribution is 5.88. The van der Waals surface area contributed by atoms with Crippen LogP contribution in [0.1, 0.15) is 31.1 Å². The third kappa shape index (κ3) is 4.30. The number of carbonyl (C=O) groups excluding carboxylic acids is 1. The zero-order valence-electron chi connectivity index (χ0n) is 15.6. The van der Waals surface area contributed by atoms with Gasteiger partial charge in [0.05, 0.1) is 11.7 Å². The molecule has 1 spiro atoms. The van der Waals surface area contributed by atoms with Crippen LogP contribution in [0.5, 0.6) is 5.75 Å². The third-order valence-electron chi connectivity index (χ3n) is 5.29. The molecule has 2 aliphatic rings. The summed E-state index contributed by atoms with van der Waals surface area (Å²) in [5, 5.41) is 3.39. The van der Waals surface area contributed by atoms with Crippen LogP contribution in [0.15, 0.2) is 36.5 Å². The SMILES string of the molecule is CN1CC[C@]2(CC[C@@H](c3nccc(-c4cccc(OC(F)(F)F)c4)n3)N2)C1=O.Cl. The number of hydrogen-bond donors (Lipinski definition) is 1. The maximum atomic E-state index is 12.5. The van der Waals surface area contributed by atoms with E-state index < -0.39 is 11.9 Å². The molecule has 10 heteroatoms. The molecule has 2 saturated heterocycles. The highest BCUT2D eigenvalue weighted by Gasteiger charge is 2.50. The molecule has 1 amide bonds. The molecule has 3 heterocycles. The number of nitrogens with one attached hydrogen (secondary N) is 1. The van der Waals surface area contributed by atoms with Crippen LogP contribution in [0.3, 0.4) is 0 Å². The van der Waals surface area contributed by atoms with E-state index in [-0.39, 0.29) is 30.1 Å². The summed E-state index contributed by atoms with van der Waals surface area (Å²) in [4.78, 5) is 23.0. The Morgan fingerprint density at radius 3 is 2.76 bits per heavy atom. The van der Waals surface area contributed by atoms with Crippen molar-refractivity contribution in [3.8, 4) is 17.0 Å². The molecule has 6 nitrogen and oxygen atoms in total. The second-order valence-electron chi connectivity index (χ2n) is 7.17. The first-order valence-corrected chi connectivity index (χ1v) is 8.98. The minimum absolute atomic E-state index is 0. The van der Waals surface area contributed by atoms with Crippen molar-refractivity contribution in [2.24, 2.45) is 0 Å². The molecule has 1 N–H and O–H groups in total. The van der Waals surface area contributed by atoms with Gasteiger partial charge in [-0.1, -0.05) is 12.1 Å². The van der Waals surface area contributed by atoms with Crippen LogP contribution in [0, 0.1) is 0 Å². The molecule has 0 aliphatic carbocycles. The first-order valence-electron chi connectivity index (χ1n) is 8.98. The minimum atomic E-state index is -4.75. The predicted molar refractivity (Wildman–Crippen MR) is 101 cm³/mol. The Bertz CT molecular complexity index is 911. The Kier molecular flexibility index (Phi) is 5.73. The van der Waals surface area contributed by atoms with E-state index in [4.69, 9.17) is 0 Å². The largest absolute Gasteiger partial charge is 0.573 e. The van der Waals surface area contributed by atoms with Crippen molar-refractivity contribution in [3.63, 3.8) is 0 Å². The Balaban J connectivity index is 0.00000240. The van der Waals surface area contributed by atoms with E-state index in [1.807, 2.05) is 0 Å². The number of nitrogens with zero attached hydrogens (tertiary/aromatic N) is 3. The normalized spacial score (nSPS) is 24.1. The van der Waals surface area contributed by atoms with Crippen molar-refractivity contribution >= 4 is 18.3 Å². The molecule has 1 aromatic heterocycles. The number of rotatable bonds is 3. The molecular weight excluding hydrogens is 409 g/mol. The molecule has 0 radical (unpaired) electrons. The average Bonchev–Trinajstić information content (AvgIpc) is 3.21. The molecule has 1 aromatic carbocycles. The summed E-state index contributed by atoms with van der Waals surface area (Å²) in [5.74, 6) is 0.310. The van der Waals surface area contributed by atoms with E-state index in [2.05, 4.69) is 20.0 Å². The van der Waals surface area contributed by atoms with Gasteiger partial charge in [0.25, 0.3) is 0 Å². The maximum Gasteiger partial charge on any atom is 0.573 e. The molecule has 0 saturated carbocycles. The summed E-state index contributed by atoms with van der Waals surface area (Å²) in [7, 11) is 1.79. The van der Waals surface area contributed by atoms with Crippen LogP contribution in [0.2, 0.25) is 0 Å². The standard InChI is InChI=1S/C19H19F3N4O2.ClH/c1-26-10-8-18(17(26)27)7-5-15(25-18)16-23-9-6-14(24-16)12-3-2-4-13(11-12)28-19(20,21)22;/h2-4,6,9,11,15,25H,5,7-8,10H2,1H3;1H/t15-,18+;/m0./s1. The van der Waals surface area contributed by atoms with Gasteiger partial charge in [-0.05, 0) is 37.5 Å².